The average molecular weight is 215 g/mol. The van der Waals surface area contributed by atoms with E-state index in [4.69, 9.17) is 9.94 Å². The highest BCUT2D eigenvalue weighted by molar-refractivity contribution is 5.88. The molecule has 16 heavy (non-hydrogen) atoms. The Morgan fingerprint density at radius 1 is 1.31 bits per heavy atom. The van der Waals surface area contributed by atoms with E-state index in [1.807, 2.05) is 36.4 Å². The van der Waals surface area contributed by atoms with Crippen LogP contribution >= 0.6 is 0 Å². The van der Waals surface area contributed by atoms with Crippen LogP contribution in [0.25, 0.3) is 10.8 Å². The zero-order valence-corrected chi connectivity index (χ0v) is 9.05. The quantitative estimate of drug-likeness (QED) is 0.486. The molecule has 3 nitrogen and oxygen atoms in total. The van der Waals surface area contributed by atoms with Crippen LogP contribution in [0.2, 0.25) is 0 Å². The summed E-state index contributed by atoms with van der Waals surface area (Å²) in [6.45, 7) is 0. The second-order valence-electron chi connectivity index (χ2n) is 3.51. The summed E-state index contributed by atoms with van der Waals surface area (Å²) in [4.78, 5) is 0. The van der Waals surface area contributed by atoms with Crippen LogP contribution in [0.15, 0.2) is 41.6 Å². The number of fused-ring (bicyclic) bond motifs is 1. The van der Waals surface area contributed by atoms with E-state index in [-0.39, 0.29) is 0 Å². The van der Waals surface area contributed by atoms with Gasteiger partial charge in [-0.1, -0.05) is 24.3 Å². The molecule has 0 unspecified atom stereocenters. The molecule has 0 saturated carbocycles. The van der Waals surface area contributed by atoms with Gasteiger partial charge >= 0.3 is 0 Å². The van der Waals surface area contributed by atoms with Gasteiger partial charge in [0.25, 0.3) is 0 Å². The van der Waals surface area contributed by atoms with Gasteiger partial charge in [0.05, 0.1) is 7.11 Å². The maximum absolute atomic E-state index is 8.45. The van der Waals surface area contributed by atoms with Gasteiger partial charge in [0.15, 0.2) is 0 Å². The van der Waals surface area contributed by atoms with E-state index in [2.05, 4.69) is 5.16 Å². The van der Waals surface area contributed by atoms with E-state index in [0.29, 0.717) is 6.42 Å². The topological polar surface area (TPSA) is 41.8 Å². The van der Waals surface area contributed by atoms with Crippen molar-refractivity contribution in [3.63, 3.8) is 0 Å². The lowest BCUT2D eigenvalue weighted by Crippen LogP contribution is -1.89. The molecule has 0 amide bonds. The molecule has 0 saturated heterocycles. The van der Waals surface area contributed by atoms with Crippen LogP contribution in [-0.2, 0) is 6.42 Å². The van der Waals surface area contributed by atoms with Crippen molar-refractivity contribution in [1.82, 2.24) is 0 Å². The molecule has 0 radical (unpaired) electrons. The van der Waals surface area contributed by atoms with Crippen LogP contribution < -0.4 is 4.74 Å². The number of methoxy groups -OCH3 is 1. The van der Waals surface area contributed by atoms with Crippen molar-refractivity contribution in [2.24, 2.45) is 5.16 Å². The second kappa shape index (κ2) is 4.66. The number of hydrogen-bond donors (Lipinski definition) is 1. The predicted molar refractivity (Wildman–Crippen MR) is 64.5 cm³/mol. The molecule has 0 aliphatic rings. The number of hydrogen-bond acceptors (Lipinski definition) is 3. The van der Waals surface area contributed by atoms with Crippen molar-refractivity contribution in [1.29, 1.82) is 0 Å². The van der Waals surface area contributed by atoms with E-state index < -0.39 is 0 Å². The number of nitrogens with zero attached hydrogens (tertiary/aromatic N) is 1. The molecule has 0 spiro atoms. The molecule has 82 valence electrons. The van der Waals surface area contributed by atoms with Gasteiger partial charge in [0.2, 0.25) is 0 Å². The standard InChI is InChI=1S/C13H13NO2/c1-16-12-6-5-10-3-2-4-11(7-8-14-15)13(10)9-12/h2-6,8-9,15H,7H2,1H3/b14-8-. The average Bonchev–Trinajstić information content (AvgIpc) is 2.35. The van der Waals surface area contributed by atoms with Crippen molar-refractivity contribution in [3.8, 4) is 5.75 Å². The third-order valence-electron chi connectivity index (χ3n) is 2.57. The summed E-state index contributed by atoms with van der Waals surface area (Å²) in [5, 5.41) is 13.8. The molecule has 0 aliphatic heterocycles. The van der Waals surface area contributed by atoms with Crippen LogP contribution in [0.5, 0.6) is 5.75 Å². The predicted octanol–water partition coefficient (Wildman–Crippen LogP) is 2.85. The zero-order valence-electron chi connectivity index (χ0n) is 9.05. The van der Waals surface area contributed by atoms with E-state index in [1.165, 1.54) is 6.21 Å². The second-order valence-corrected chi connectivity index (χ2v) is 3.51. The fourth-order valence-electron chi connectivity index (χ4n) is 1.76. The lowest BCUT2D eigenvalue weighted by Gasteiger charge is -2.06. The van der Waals surface area contributed by atoms with Gasteiger partial charge in [0.1, 0.15) is 5.75 Å². The minimum Gasteiger partial charge on any atom is -0.497 e. The van der Waals surface area contributed by atoms with Crippen molar-refractivity contribution in [2.75, 3.05) is 7.11 Å². The fourth-order valence-corrected chi connectivity index (χ4v) is 1.76. The molecule has 1 N–H and O–H groups in total. The van der Waals surface area contributed by atoms with Crippen molar-refractivity contribution in [3.05, 3.63) is 42.0 Å². The Morgan fingerprint density at radius 2 is 2.19 bits per heavy atom. The Bertz CT molecular complexity index is 520. The van der Waals surface area contributed by atoms with Crippen molar-refractivity contribution < 1.29 is 9.94 Å². The number of oxime groups is 1. The number of rotatable bonds is 3. The summed E-state index contributed by atoms with van der Waals surface area (Å²) in [7, 11) is 1.65. The van der Waals surface area contributed by atoms with Crippen LogP contribution in [0.4, 0.5) is 0 Å². The fraction of sp³-hybridized carbons (Fsp3) is 0.154. The third-order valence-corrected chi connectivity index (χ3v) is 2.57. The third kappa shape index (κ3) is 1.98. The molecule has 2 aromatic rings. The van der Waals surface area contributed by atoms with E-state index in [9.17, 15) is 0 Å². The smallest absolute Gasteiger partial charge is 0.119 e. The van der Waals surface area contributed by atoms with Gasteiger partial charge in [-0.05, 0) is 28.5 Å². The molecular weight excluding hydrogens is 202 g/mol. The highest BCUT2D eigenvalue weighted by Crippen LogP contribution is 2.24. The maximum Gasteiger partial charge on any atom is 0.119 e. The Hall–Kier alpha value is -2.03. The van der Waals surface area contributed by atoms with E-state index in [1.54, 1.807) is 7.11 Å². The molecule has 0 heterocycles. The minimum absolute atomic E-state index is 0.612. The summed E-state index contributed by atoms with van der Waals surface area (Å²) >= 11 is 0. The minimum atomic E-state index is 0.612. The monoisotopic (exact) mass is 215 g/mol. The molecule has 0 bridgehead atoms. The Labute approximate surface area is 94.0 Å². The maximum atomic E-state index is 8.45. The lowest BCUT2D eigenvalue weighted by molar-refractivity contribution is 0.321. The SMILES string of the molecule is COc1ccc2cccc(C/C=N\O)c2c1. The molecule has 0 fully saturated rings. The highest BCUT2D eigenvalue weighted by Gasteiger charge is 2.01. The normalized spacial score (nSPS) is 11.1. The van der Waals surface area contributed by atoms with Gasteiger partial charge in [-0.25, -0.2) is 0 Å². The number of ether oxygens (including phenoxy) is 1. The van der Waals surface area contributed by atoms with Gasteiger partial charge in [-0.2, -0.15) is 0 Å². The van der Waals surface area contributed by atoms with E-state index >= 15 is 0 Å². The molecule has 2 aromatic carbocycles. The molecule has 0 aromatic heterocycles. The zero-order chi connectivity index (χ0) is 11.4. The van der Waals surface area contributed by atoms with Gasteiger partial charge < -0.3 is 9.94 Å². The van der Waals surface area contributed by atoms with Crippen LogP contribution in [0.3, 0.4) is 0 Å². The Kier molecular flexibility index (Phi) is 3.05. The van der Waals surface area contributed by atoms with Gasteiger partial charge in [-0.15, -0.1) is 5.16 Å². The van der Waals surface area contributed by atoms with Crippen molar-refractivity contribution >= 4 is 17.0 Å². The highest BCUT2D eigenvalue weighted by atomic mass is 16.5. The molecule has 2 rings (SSSR count). The Balaban J connectivity index is 2.54. The molecule has 3 heteroatoms. The van der Waals surface area contributed by atoms with Crippen LogP contribution in [0.1, 0.15) is 5.56 Å². The summed E-state index contributed by atoms with van der Waals surface area (Å²) in [5.41, 5.74) is 1.12. The van der Waals surface area contributed by atoms with Crippen molar-refractivity contribution in [2.45, 2.75) is 6.42 Å². The summed E-state index contributed by atoms with van der Waals surface area (Å²) in [6.07, 6.45) is 2.09. The Morgan fingerprint density at radius 3 is 2.94 bits per heavy atom. The molecule has 0 atom stereocenters. The first-order valence-electron chi connectivity index (χ1n) is 5.06. The summed E-state index contributed by atoms with van der Waals surface area (Å²) in [5.74, 6) is 0.834. The van der Waals surface area contributed by atoms with E-state index in [0.717, 1.165) is 22.1 Å². The van der Waals surface area contributed by atoms with Crippen LogP contribution in [0, 0.1) is 0 Å². The largest absolute Gasteiger partial charge is 0.497 e. The first-order valence-corrected chi connectivity index (χ1v) is 5.06. The first-order chi connectivity index (χ1) is 7.85. The van der Waals surface area contributed by atoms with Crippen LogP contribution in [-0.4, -0.2) is 18.5 Å². The number of benzene rings is 2. The first kappa shape index (κ1) is 10.5. The molecular formula is C13H13NO2. The van der Waals surface area contributed by atoms with Gasteiger partial charge in [0, 0.05) is 12.6 Å². The summed E-state index contributed by atoms with van der Waals surface area (Å²) in [6, 6.07) is 12.0. The van der Waals surface area contributed by atoms with Gasteiger partial charge in [-0.3, -0.25) is 0 Å². The molecule has 0 aliphatic carbocycles. The lowest BCUT2D eigenvalue weighted by atomic mass is 10.0. The summed E-state index contributed by atoms with van der Waals surface area (Å²) < 4.78 is 5.20.